The summed E-state index contributed by atoms with van der Waals surface area (Å²) in [5.41, 5.74) is 6.66. The molecule has 13 heavy (non-hydrogen) atoms. The van der Waals surface area contributed by atoms with Crippen LogP contribution in [0.2, 0.25) is 0 Å². The summed E-state index contributed by atoms with van der Waals surface area (Å²) < 4.78 is 0. The van der Waals surface area contributed by atoms with E-state index in [1.807, 2.05) is 6.07 Å². The molecule has 0 spiro atoms. The standard InChI is InChI=1S/C11H12N2/c1-2-8-7-9-5-3-4-6-10(9)13-11(8)12/h2,5-7H,1,3-4H2,(H2,12,13). The van der Waals surface area contributed by atoms with Crippen molar-refractivity contribution in [3.8, 4) is 0 Å². The molecule has 1 aliphatic carbocycles. The highest BCUT2D eigenvalue weighted by molar-refractivity contribution is 5.60. The first-order chi connectivity index (χ1) is 6.31. The lowest BCUT2D eigenvalue weighted by atomic mass is 10.1. The first kappa shape index (κ1) is 8.05. The van der Waals surface area contributed by atoms with E-state index >= 15 is 0 Å². The number of rotatable bonds is 1. The number of nitrogens with two attached hydrogens (primary N) is 1. The van der Waals surface area contributed by atoms with Gasteiger partial charge in [0.25, 0.3) is 0 Å². The minimum absolute atomic E-state index is 0.570. The summed E-state index contributed by atoms with van der Waals surface area (Å²) in [6.45, 7) is 3.70. The number of pyridine rings is 1. The second-order valence-electron chi connectivity index (χ2n) is 3.13. The topological polar surface area (TPSA) is 38.9 Å². The van der Waals surface area contributed by atoms with E-state index in [0.29, 0.717) is 5.82 Å². The van der Waals surface area contributed by atoms with E-state index in [1.165, 1.54) is 5.22 Å². The van der Waals surface area contributed by atoms with E-state index in [0.717, 1.165) is 23.8 Å². The fraction of sp³-hybridized carbons (Fsp3) is 0.182. The van der Waals surface area contributed by atoms with Crippen LogP contribution in [0.15, 0.2) is 12.6 Å². The van der Waals surface area contributed by atoms with Gasteiger partial charge < -0.3 is 5.73 Å². The SMILES string of the molecule is C=Cc1cc2c(nc1N)=CCCC=2. The fourth-order valence-corrected chi connectivity index (χ4v) is 1.52. The van der Waals surface area contributed by atoms with Crippen LogP contribution in [-0.2, 0) is 0 Å². The molecular weight excluding hydrogens is 160 g/mol. The molecule has 0 fully saturated rings. The minimum Gasteiger partial charge on any atom is -0.383 e. The van der Waals surface area contributed by atoms with Gasteiger partial charge in [-0.1, -0.05) is 24.8 Å². The molecule has 0 unspecified atom stereocenters. The summed E-state index contributed by atoms with van der Waals surface area (Å²) in [7, 11) is 0. The van der Waals surface area contributed by atoms with Crippen LogP contribution >= 0.6 is 0 Å². The summed E-state index contributed by atoms with van der Waals surface area (Å²) >= 11 is 0. The lowest BCUT2D eigenvalue weighted by molar-refractivity contribution is 1.08. The van der Waals surface area contributed by atoms with Crippen molar-refractivity contribution in [1.82, 2.24) is 4.98 Å². The second kappa shape index (κ2) is 3.05. The van der Waals surface area contributed by atoms with Gasteiger partial charge in [0.2, 0.25) is 0 Å². The average molecular weight is 172 g/mol. The lowest BCUT2D eigenvalue weighted by Crippen LogP contribution is -2.31. The van der Waals surface area contributed by atoms with E-state index < -0.39 is 0 Å². The Labute approximate surface area is 77.1 Å². The van der Waals surface area contributed by atoms with E-state index in [2.05, 4.69) is 23.7 Å². The van der Waals surface area contributed by atoms with E-state index in [9.17, 15) is 0 Å². The third kappa shape index (κ3) is 1.35. The maximum atomic E-state index is 5.74. The molecule has 2 heteroatoms. The lowest BCUT2D eigenvalue weighted by Gasteiger charge is -2.03. The molecule has 0 bridgehead atoms. The smallest absolute Gasteiger partial charge is 0.131 e. The molecule has 0 amide bonds. The number of anilines is 1. The normalized spacial score (nSPS) is 13.8. The molecule has 1 aromatic rings. The molecule has 0 radical (unpaired) electrons. The molecule has 2 N–H and O–H groups in total. The molecule has 1 aromatic heterocycles. The van der Waals surface area contributed by atoms with E-state index in [-0.39, 0.29) is 0 Å². The Morgan fingerprint density at radius 1 is 1.38 bits per heavy atom. The monoisotopic (exact) mass is 172 g/mol. The molecule has 1 heterocycles. The predicted molar refractivity (Wildman–Crippen MR) is 56.2 cm³/mol. The summed E-state index contributed by atoms with van der Waals surface area (Å²) in [6, 6.07) is 2.04. The van der Waals surface area contributed by atoms with Crippen LogP contribution in [0.25, 0.3) is 18.2 Å². The van der Waals surface area contributed by atoms with Gasteiger partial charge in [-0.05, 0) is 24.1 Å². The molecular formula is C11H12N2. The Bertz CT molecular complexity index is 458. The van der Waals surface area contributed by atoms with Crippen molar-refractivity contribution in [2.24, 2.45) is 0 Å². The predicted octanol–water partition coefficient (Wildman–Crippen LogP) is 0.662. The highest BCUT2D eigenvalue weighted by atomic mass is 14.8. The highest BCUT2D eigenvalue weighted by Crippen LogP contribution is 2.04. The Hall–Kier alpha value is -1.57. The molecule has 2 nitrogen and oxygen atoms in total. The molecule has 0 saturated carbocycles. The van der Waals surface area contributed by atoms with Gasteiger partial charge in [0, 0.05) is 5.56 Å². The summed E-state index contributed by atoms with van der Waals surface area (Å²) in [6.07, 6.45) is 8.21. The number of aromatic nitrogens is 1. The van der Waals surface area contributed by atoms with Gasteiger partial charge >= 0.3 is 0 Å². The van der Waals surface area contributed by atoms with Crippen molar-refractivity contribution in [3.05, 3.63) is 28.8 Å². The third-order valence-corrected chi connectivity index (χ3v) is 2.23. The van der Waals surface area contributed by atoms with Crippen LogP contribution in [0.1, 0.15) is 18.4 Å². The Kier molecular flexibility index (Phi) is 1.89. The van der Waals surface area contributed by atoms with Crippen molar-refractivity contribution < 1.29 is 0 Å². The maximum Gasteiger partial charge on any atom is 0.131 e. The quantitative estimate of drug-likeness (QED) is 0.676. The summed E-state index contributed by atoms with van der Waals surface area (Å²) in [5.74, 6) is 0.570. The zero-order valence-electron chi connectivity index (χ0n) is 7.46. The number of nitrogens with zero attached hydrogens (tertiary/aromatic N) is 1. The van der Waals surface area contributed by atoms with Crippen molar-refractivity contribution in [3.63, 3.8) is 0 Å². The number of hydrogen-bond acceptors (Lipinski definition) is 2. The van der Waals surface area contributed by atoms with Crippen LogP contribution in [0, 0.1) is 0 Å². The van der Waals surface area contributed by atoms with Crippen LogP contribution in [-0.4, -0.2) is 4.98 Å². The molecule has 66 valence electrons. The van der Waals surface area contributed by atoms with Crippen molar-refractivity contribution in [1.29, 1.82) is 0 Å². The number of hydrogen-bond donors (Lipinski definition) is 1. The third-order valence-electron chi connectivity index (χ3n) is 2.23. The molecule has 2 rings (SSSR count). The van der Waals surface area contributed by atoms with E-state index in [4.69, 9.17) is 5.73 Å². The van der Waals surface area contributed by atoms with Gasteiger partial charge in [-0.15, -0.1) is 0 Å². The molecule has 0 atom stereocenters. The van der Waals surface area contributed by atoms with Gasteiger partial charge in [0.05, 0.1) is 5.35 Å². The summed E-state index contributed by atoms with van der Waals surface area (Å²) in [5, 5.41) is 2.18. The Morgan fingerprint density at radius 3 is 2.92 bits per heavy atom. The molecule has 1 aliphatic rings. The second-order valence-corrected chi connectivity index (χ2v) is 3.13. The minimum atomic E-state index is 0.570. The van der Waals surface area contributed by atoms with Gasteiger partial charge in [-0.25, -0.2) is 4.98 Å². The first-order valence-electron chi connectivity index (χ1n) is 4.40. The first-order valence-corrected chi connectivity index (χ1v) is 4.40. The maximum absolute atomic E-state index is 5.74. The molecule has 0 aromatic carbocycles. The number of nitrogen functional groups attached to an aromatic ring is 1. The van der Waals surface area contributed by atoms with Crippen LogP contribution < -0.4 is 16.3 Å². The zero-order valence-corrected chi connectivity index (χ0v) is 7.46. The fourth-order valence-electron chi connectivity index (χ4n) is 1.52. The average Bonchev–Trinajstić information content (AvgIpc) is 2.17. The van der Waals surface area contributed by atoms with Gasteiger partial charge in [-0.3, -0.25) is 0 Å². The van der Waals surface area contributed by atoms with Gasteiger partial charge in [0.1, 0.15) is 5.82 Å². The molecule has 0 aliphatic heterocycles. The van der Waals surface area contributed by atoms with Gasteiger partial charge in [-0.2, -0.15) is 0 Å². The Balaban J connectivity index is 2.79. The van der Waals surface area contributed by atoms with Gasteiger partial charge in [0.15, 0.2) is 0 Å². The largest absolute Gasteiger partial charge is 0.383 e. The van der Waals surface area contributed by atoms with Crippen molar-refractivity contribution in [2.75, 3.05) is 5.73 Å². The van der Waals surface area contributed by atoms with Crippen LogP contribution in [0.4, 0.5) is 5.82 Å². The van der Waals surface area contributed by atoms with Crippen molar-refractivity contribution >= 4 is 24.0 Å². The highest BCUT2D eigenvalue weighted by Gasteiger charge is 1.99. The van der Waals surface area contributed by atoms with E-state index in [1.54, 1.807) is 6.08 Å². The van der Waals surface area contributed by atoms with Crippen LogP contribution in [0.3, 0.4) is 0 Å². The molecule has 0 saturated heterocycles. The summed E-state index contributed by atoms with van der Waals surface area (Å²) in [4.78, 5) is 4.30. The Morgan fingerprint density at radius 2 is 2.15 bits per heavy atom. The van der Waals surface area contributed by atoms with Crippen LogP contribution in [0.5, 0.6) is 0 Å². The zero-order chi connectivity index (χ0) is 9.26. The van der Waals surface area contributed by atoms with Crippen molar-refractivity contribution in [2.45, 2.75) is 12.8 Å². The number of fused-ring (bicyclic) bond motifs is 1.